The van der Waals surface area contributed by atoms with Crippen molar-refractivity contribution in [1.82, 2.24) is 4.31 Å². The number of nitrogens with zero attached hydrogens (tertiary/aromatic N) is 2. The maximum Gasteiger partial charge on any atom is 0.243 e. The summed E-state index contributed by atoms with van der Waals surface area (Å²) in [6.07, 6.45) is 2.43. The van der Waals surface area contributed by atoms with Crippen LogP contribution in [0.2, 0.25) is 0 Å². The lowest BCUT2D eigenvalue weighted by atomic mass is 9.94. The Hall–Kier alpha value is -2.18. The van der Waals surface area contributed by atoms with Crippen LogP contribution in [0.5, 0.6) is 0 Å². The van der Waals surface area contributed by atoms with Crippen molar-refractivity contribution in [1.29, 1.82) is 0 Å². The first-order valence-electron chi connectivity index (χ1n) is 9.94. The van der Waals surface area contributed by atoms with Gasteiger partial charge in [0.15, 0.2) is 0 Å². The number of sulfonamides is 1. The van der Waals surface area contributed by atoms with Crippen LogP contribution >= 0.6 is 0 Å². The molecule has 0 atom stereocenters. The fourth-order valence-electron chi connectivity index (χ4n) is 4.23. The fraction of sp³-hybridized carbons (Fsp3) is 0.409. The Morgan fingerprint density at radius 2 is 1.75 bits per heavy atom. The Balaban J connectivity index is 1.64. The SMILES string of the molecule is CCN(CC)S(=O)(=O)c1ccc2c(c1)CCN2C(=O)C1(c2ccccc2)CC1. The molecular formula is C22H26N2O3S. The largest absolute Gasteiger partial charge is 0.311 e. The average molecular weight is 399 g/mol. The van der Waals surface area contributed by atoms with Crippen molar-refractivity contribution in [3.63, 3.8) is 0 Å². The first-order chi connectivity index (χ1) is 13.4. The molecule has 0 bridgehead atoms. The predicted molar refractivity (Wildman–Crippen MR) is 110 cm³/mol. The normalized spacial score (nSPS) is 17.6. The third-order valence-corrected chi connectivity index (χ3v) is 8.07. The minimum Gasteiger partial charge on any atom is -0.311 e. The van der Waals surface area contributed by atoms with Crippen molar-refractivity contribution in [2.45, 2.75) is 43.4 Å². The molecule has 0 aromatic heterocycles. The van der Waals surface area contributed by atoms with Gasteiger partial charge in [-0.2, -0.15) is 4.31 Å². The summed E-state index contributed by atoms with van der Waals surface area (Å²) in [6.45, 7) is 5.18. The summed E-state index contributed by atoms with van der Waals surface area (Å²) in [5, 5.41) is 0. The van der Waals surface area contributed by atoms with Crippen LogP contribution in [-0.4, -0.2) is 38.3 Å². The Kier molecular flexibility index (Phi) is 4.79. The number of carbonyl (C=O) groups excluding carboxylic acids is 1. The molecule has 5 nitrogen and oxygen atoms in total. The van der Waals surface area contributed by atoms with Gasteiger partial charge in [0.05, 0.1) is 10.3 Å². The van der Waals surface area contributed by atoms with E-state index < -0.39 is 15.4 Å². The van der Waals surface area contributed by atoms with E-state index in [4.69, 9.17) is 0 Å². The van der Waals surface area contributed by atoms with Crippen LogP contribution in [0, 0.1) is 0 Å². The second-order valence-corrected chi connectivity index (χ2v) is 9.47. The molecule has 0 spiro atoms. The minimum absolute atomic E-state index is 0.136. The Bertz CT molecular complexity index is 994. The Morgan fingerprint density at radius 1 is 1.07 bits per heavy atom. The average Bonchev–Trinajstić information content (AvgIpc) is 3.42. The molecule has 1 heterocycles. The third kappa shape index (κ3) is 2.95. The van der Waals surface area contributed by atoms with Gasteiger partial charge in [0.2, 0.25) is 15.9 Å². The van der Waals surface area contributed by atoms with Crippen LogP contribution in [-0.2, 0) is 26.7 Å². The second-order valence-electron chi connectivity index (χ2n) is 7.53. The first kappa shape index (κ1) is 19.2. The Labute approximate surface area is 167 Å². The fourth-order valence-corrected chi connectivity index (χ4v) is 5.74. The standard InChI is InChI=1S/C22H26N2O3S/c1-3-23(4-2)28(26,27)19-10-11-20-17(16-19)12-15-24(20)21(25)22(13-14-22)18-8-6-5-7-9-18/h5-11,16H,3-4,12-15H2,1-2H3. The van der Waals surface area contributed by atoms with Gasteiger partial charge in [-0.15, -0.1) is 0 Å². The predicted octanol–water partition coefficient (Wildman–Crippen LogP) is 3.34. The van der Waals surface area contributed by atoms with Gasteiger partial charge >= 0.3 is 0 Å². The van der Waals surface area contributed by atoms with Crippen LogP contribution < -0.4 is 4.90 Å². The molecule has 148 valence electrons. The highest BCUT2D eigenvalue weighted by atomic mass is 32.2. The summed E-state index contributed by atoms with van der Waals surface area (Å²) in [5.41, 5.74) is 2.46. The van der Waals surface area contributed by atoms with Crippen LogP contribution in [0.15, 0.2) is 53.4 Å². The summed E-state index contributed by atoms with van der Waals surface area (Å²) in [7, 11) is -3.49. The van der Waals surface area contributed by atoms with Crippen molar-refractivity contribution in [3.05, 3.63) is 59.7 Å². The zero-order valence-corrected chi connectivity index (χ0v) is 17.2. The van der Waals surface area contributed by atoms with E-state index in [2.05, 4.69) is 0 Å². The Morgan fingerprint density at radius 3 is 2.36 bits per heavy atom. The molecular weight excluding hydrogens is 372 g/mol. The van der Waals surface area contributed by atoms with Crippen molar-refractivity contribution in [3.8, 4) is 0 Å². The monoisotopic (exact) mass is 398 g/mol. The molecule has 1 aliphatic carbocycles. The van der Waals surface area contributed by atoms with E-state index in [1.807, 2.05) is 49.1 Å². The van der Waals surface area contributed by atoms with Gasteiger partial charge in [0, 0.05) is 25.3 Å². The molecule has 28 heavy (non-hydrogen) atoms. The number of benzene rings is 2. The molecule has 0 radical (unpaired) electrons. The summed E-state index contributed by atoms with van der Waals surface area (Å²) in [5.74, 6) is 0.136. The lowest BCUT2D eigenvalue weighted by molar-refractivity contribution is -0.120. The van der Waals surface area contributed by atoms with Crippen molar-refractivity contribution in [2.24, 2.45) is 0 Å². The van der Waals surface area contributed by atoms with Gasteiger partial charge in [-0.1, -0.05) is 44.2 Å². The van der Waals surface area contributed by atoms with E-state index in [9.17, 15) is 13.2 Å². The first-order valence-corrected chi connectivity index (χ1v) is 11.4. The minimum atomic E-state index is -3.49. The molecule has 6 heteroatoms. The van der Waals surface area contributed by atoms with Crippen LogP contribution in [0.4, 0.5) is 5.69 Å². The molecule has 1 fully saturated rings. The highest BCUT2D eigenvalue weighted by Gasteiger charge is 2.53. The van der Waals surface area contributed by atoms with Crippen molar-refractivity contribution >= 4 is 21.6 Å². The van der Waals surface area contributed by atoms with E-state index in [1.165, 1.54) is 4.31 Å². The number of hydrogen-bond acceptors (Lipinski definition) is 3. The third-order valence-electron chi connectivity index (χ3n) is 6.02. The van der Waals surface area contributed by atoms with Gasteiger partial charge in [-0.25, -0.2) is 8.42 Å². The van der Waals surface area contributed by atoms with E-state index in [0.29, 0.717) is 31.0 Å². The summed E-state index contributed by atoms with van der Waals surface area (Å²) in [4.78, 5) is 15.5. The zero-order chi connectivity index (χ0) is 19.9. The summed E-state index contributed by atoms with van der Waals surface area (Å²) in [6, 6.07) is 15.2. The molecule has 2 aliphatic rings. The number of fused-ring (bicyclic) bond motifs is 1. The zero-order valence-electron chi connectivity index (χ0n) is 16.4. The molecule has 1 saturated carbocycles. The quantitative estimate of drug-likeness (QED) is 0.750. The van der Waals surface area contributed by atoms with E-state index in [1.54, 1.807) is 18.2 Å². The van der Waals surface area contributed by atoms with Crippen LogP contribution in [0.3, 0.4) is 0 Å². The van der Waals surface area contributed by atoms with Gasteiger partial charge in [0.25, 0.3) is 0 Å². The molecule has 2 aromatic carbocycles. The molecule has 0 saturated heterocycles. The highest BCUT2D eigenvalue weighted by Crippen LogP contribution is 2.51. The maximum absolute atomic E-state index is 13.4. The van der Waals surface area contributed by atoms with Gasteiger partial charge in [-0.3, -0.25) is 4.79 Å². The lowest BCUT2D eigenvalue weighted by Crippen LogP contribution is -2.38. The molecule has 4 rings (SSSR count). The van der Waals surface area contributed by atoms with Crippen molar-refractivity contribution in [2.75, 3.05) is 24.5 Å². The number of rotatable bonds is 6. The number of amides is 1. The van der Waals surface area contributed by atoms with Gasteiger partial charge in [-0.05, 0) is 48.6 Å². The van der Waals surface area contributed by atoms with Gasteiger partial charge < -0.3 is 4.90 Å². The number of anilines is 1. The van der Waals surface area contributed by atoms with Crippen LogP contribution in [0.25, 0.3) is 0 Å². The highest BCUT2D eigenvalue weighted by molar-refractivity contribution is 7.89. The second kappa shape index (κ2) is 7.01. The number of hydrogen-bond donors (Lipinski definition) is 0. The summed E-state index contributed by atoms with van der Waals surface area (Å²) < 4.78 is 27.1. The van der Waals surface area contributed by atoms with E-state index in [-0.39, 0.29) is 5.91 Å². The molecule has 0 unspecified atom stereocenters. The van der Waals surface area contributed by atoms with Crippen molar-refractivity contribution < 1.29 is 13.2 Å². The summed E-state index contributed by atoms with van der Waals surface area (Å²) >= 11 is 0. The number of carbonyl (C=O) groups is 1. The molecule has 0 N–H and O–H groups in total. The van der Waals surface area contributed by atoms with Gasteiger partial charge in [0.1, 0.15) is 0 Å². The topological polar surface area (TPSA) is 57.7 Å². The smallest absolute Gasteiger partial charge is 0.243 e. The van der Waals surface area contributed by atoms with E-state index >= 15 is 0 Å². The maximum atomic E-state index is 13.4. The lowest BCUT2D eigenvalue weighted by Gasteiger charge is -2.24. The van der Waals surface area contributed by atoms with Crippen LogP contribution in [0.1, 0.15) is 37.8 Å². The van der Waals surface area contributed by atoms with E-state index in [0.717, 1.165) is 29.7 Å². The molecule has 2 aromatic rings. The molecule has 1 amide bonds. The molecule has 1 aliphatic heterocycles.